The van der Waals surface area contributed by atoms with Crippen molar-refractivity contribution in [3.05, 3.63) is 40.7 Å². The van der Waals surface area contributed by atoms with Crippen LogP contribution in [0.3, 0.4) is 0 Å². The summed E-state index contributed by atoms with van der Waals surface area (Å²) < 4.78 is 80.2. The quantitative estimate of drug-likeness (QED) is 0.159. The van der Waals surface area contributed by atoms with E-state index in [2.05, 4.69) is 20.3 Å². The molecule has 2 aliphatic rings. The lowest BCUT2D eigenvalue weighted by atomic mass is 9.71. The van der Waals surface area contributed by atoms with Gasteiger partial charge in [0.25, 0.3) is 0 Å². The first-order valence-electron chi connectivity index (χ1n) is 15.2. The number of rotatable bonds is 3. The summed E-state index contributed by atoms with van der Waals surface area (Å²) in [5, 5.41) is 11.6. The van der Waals surface area contributed by atoms with E-state index in [0.717, 1.165) is 18.2 Å². The van der Waals surface area contributed by atoms with Crippen LogP contribution in [-0.4, -0.2) is 67.4 Å². The Morgan fingerprint density at radius 1 is 1.08 bits per heavy atom. The predicted molar refractivity (Wildman–Crippen MR) is 175 cm³/mol. The van der Waals surface area contributed by atoms with Gasteiger partial charge < -0.3 is 14.7 Å². The van der Waals surface area contributed by atoms with Crippen LogP contribution in [0.25, 0.3) is 32.2 Å². The first kappa shape index (κ1) is 34.8. The van der Waals surface area contributed by atoms with E-state index in [1.54, 1.807) is 25.7 Å². The minimum Gasteiger partial charge on any atom is -0.465 e. The van der Waals surface area contributed by atoms with Gasteiger partial charge in [-0.2, -0.15) is 22.5 Å². The zero-order valence-electron chi connectivity index (χ0n) is 27.2. The number of carboxylic acid groups (broad SMARTS) is 1. The molecule has 17 heteroatoms. The van der Waals surface area contributed by atoms with Gasteiger partial charge in [-0.05, 0) is 57.2 Å². The van der Waals surface area contributed by atoms with Crippen molar-refractivity contribution in [2.45, 2.75) is 77.7 Å². The number of fused-ring (bicyclic) bond motifs is 4. The Morgan fingerprint density at radius 3 is 2.39 bits per heavy atom. The number of nitrogens with zero attached hydrogens (tertiary/aromatic N) is 5. The average Bonchev–Trinajstić information content (AvgIpc) is 3.49. The molecule has 6 rings (SSSR count). The Labute approximate surface area is 286 Å². The third-order valence-corrected chi connectivity index (χ3v) is 10.4. The fourth-order valence-electron chi connectivity index (χ4n) is 6.98. The van der Waals surface area contributed by atoms with Crippen LogP contribution in [0.1, 0.15) is 59.9 Å². The summed E-state index contributed by atoms with van der Waals surface area (Å²) in [6.45, 7) is 10.6. The van der Waals surface area contributed by atoms with Gasteiger partial charge in [0, 0.05) is 29.6 Å². The van der Waals surface area contributed by atoms with Gasteiger partial charge >= 0.3 is 24.4 Å². The molecule has 262 valence electrons. The fraction of sp³-hybridized carbons (Fsp3) is 0.469. The number of thiazole rings is 1. The van der Waals surface area contributed by atoms with Crippen molar-refractivity contribution >= 4 is 67.2 Å². The van der Waals surface area contributed by atoms with E-state index in [-0.39, 0.29) is 50.7 Å². The molecule has 2 atom stereocenters. The lowest BCUT2D eigenvalue weighted by Crippen LogP contribution is -2.68. The number of hydrogen-bond acceptors (Lipinski definition) is 8. The Kier molecular flexibility index (Phi) is 8.17. The molecule has 2 aromatic heterocycles. The minimum atomic E-state index is -5.03. The van der Waals surface area contributed by atoms with E-state index in [4.69, 9.17) is 16.3 Å². The van der Waals surface area contributed by atoms with Crippen molar-refractivity contribution in [3.63, 3.8) is 0 Å². The number of aromatic nitrogens is 3. The smallest absolute Gasteiger partial charge is 0.417 e. The monoisotopic (exact) mass is 726 g/mol. The minimum absolute atomic E-state index is 0.0381. The molecule has 2 saturated heterocycles. The Morgan fingerprint density at radius 2 is 1.78 bits per heavy atom. The lowest BCUT2D eigenvalue weighted by Gasteiger charge is -2.54. The van der Waals surface area contributed by atoms with Crippen molar-refractivity contribution in [2.24, 2.45) is 5.41 Å². The summed E-state index contributed by atoms with van der Waals surface area (Å²) in [6.07, 6.45) is -7.30. The molecule has 2 N–H and O–H groups in total. The van der Waals surface area contributed by atoms with Crippen molar-refractivity contribution in [1.82, 2.24) is 19.9 Å². The highest BCUT2D eigenvalue weighted by Crippen LogP contribution is 2.52. The number of hydrogen-bond donors (Lipinski definition) is 2. The van der Waals surface area contributed by atoms with E-state index < -0.39 is 69.0 Å². The molecule has 4 heterocycles. The van der Waals surface area contributed by atoms with E-state index >= 15 is 8.78 Å². The van der Waals surface area contributed by atoms with Gasteiger partial charge in [-0.1, -0.05) is 43.7 Å². The lowest BCUT2D eigenvalue weighted by molar-refractivity contribution is -0.137. The summed E-state index contributed by atoms with van der Waals surface area (Å²) in [5.41, 5.74) is -5.05. The molecule has 49 heavy (non-hydrogen) atoms. The number of nitrogens with one attached hydrogen (secondary N) is 1. The van der Waals surface area contributed by atoms with Crippen molar-refractivity contribution < 1.29 is 41.4 Å². The number of halogens is 6. The Bertz CT molecular complexity index is 2030. The molecular formula is C32H32ClF5N6O4S. The highest BCUT2D eigenvalue weighted by atomic mass is 35.5. The zero-order valence-corrected chi connectivity index (χ0v) is 28.8. The van der Waals surface area contributed by atoms with E-state index in [0.29, 0.717) is 24.2 Å². The molecule has 2 aliphatic heterocycles. The van der Waals surface area contributed by atoms with Crippen LogP contribution < -0.4 is 10.2 Å². The number of ether oxygens (including phenoxy) is 1. The van der Waals surface area contributed by atoms with Gasteiger partial charge in [0.15, 0.2) is 5.13 Å². The maximum Gasteiger partial charge on any atom is 0.417 e. The van der Waals surface area contributed by atoms with Crippen molar-refractivity contribution in [2.75, 3.05) is 23.3 Å². The Hall–Kier alpha value is -4.05. The molecule has 2 bridgehead atoms. The largest absolute Gasteiger partial charge is 0.465 e. The zero-order chi connectivity index (χ0) is 36.0. The van der Waals surface area contributed by atoms with Gasteiger partial charge in [-0.15, -0.1) is 0 Å². The molecular weight excluding hydrogens is 695 g/mol. The number of piperazine rings is 1. The summed E-state index contributed by atoms with van der Waals surface area (Å²) in [4.78, 5) is 39.8. The summed E-state index contributed by atoms with van der Waals surface area (Å²) in [7, 11) is 0. The molecule has 0 spiro atoms. The van der Waals surface area contributed by atoms with Crippen LogP contribution in [0, 0.1) is 17.3 Å². The third kappa shape index (κ3) is 5.96. The average molecular weight is 727 g/mol. The fourth-order valence-corrected chi connectivity index (χ4v) is 8.21. The standard InChI is InChI=1S/C32H32ClF5N6O4S/c1-29(2,3)31-10-9-14(44(31)28(46)47)12-43(13-31)24-16-11-17(32(36,37)38)19(20(33)21(16)39-25(35)41-24)15-7-8-18(34)23-22(15)40-26(49-23)42-27(45)48-30(4,5)6/h7-8,11,14H,9-10,12-13H2,1-6H3,(H,46,47)(H,40,42,45). The van der Waals surface area contributed by atoms with Gasteiger partial charge in [0.05, 0.1) is 37.9 Å². The van der Waals surface area contributed by atoms with Crippen LogP contribution in [0.2, 0.25) is 5.02 Å². The molecule has 0 saturated carbocycles. The SMILES string of the molecule is CC(C)(C)OC(=O)Nc1nc2c(-c3c(C(F)(F)F)cc4c(N5CC6CCC(C(C)(C)C)(C5)N6C(=O)O)nc(F)nc4c3Cl)ccc(F)c2s1. The van der Waals surface area contributed by atoms with E-state index in [1.165, 1.54) is 4.90 Å². The number of anilines is 2. The molecule has 2 amide bonds. The second kappa shape index (κ2) is 11.5. The second-order valence-electron chi connectivity index (χ2n) is 14.2. The van der Waals surface area contributed by atoms with Gasteiger partial charge in [0.1, 0.15) is 17.2 Å². The molecule has 0 aliphatic carbocycles. The van der Waals surface area contributed by atoms with Gasteiger partial charge in [0.2, 0.25) is 0 Å². The maximum atomic E-state index is 15.2. The van der Waals surface area contributed by atoms with Crippen LogP contribution in [-0.2, 0) is 10.9 Å². The third-order valence-electron chi connectivity index (χ3n) is 9.06. The first-order valence-corrected chi connectivity index (χ1v) is 16.4. The van der Waals surface area contributed by atoms with Crippen LogP contribution in [0.5, 0.6) is 0 Å². The molecule has 4 aromatic rings. The summed E-state index contributed by atoms with van der Waals surface area (Å²) >= 11 is 7.42. The molecule has 2 aromatic carbocycles. The van der Waals surface area contributed by atoms with Crippen LogP contribution in [0.4, 0.5) is 42.5 Å². The summed E-state index contributed by atoms with van der Waals surface area (Å²) in [6, 6.07) is 2.28. The number of carbonyl (C=O) groups is 2. The molecule has 2 unspecified atom stereocenters. The predicted octanol–water partition coefficient (Wildman–Crippen LogP) is 8.95. The van der Waals surface area contributed by atoms with Gasteiger partial charge in [-0.25, -0.2) is 23.9 Å². The van der Waals surface area contributed by atoms with Crippen molar-refractivity contribution in [1.29, 1.82) is 0 Å². The highest BCUT2D eigenvalue weighted by molar-refractivity contribution is 7.22. The number of amides is 2. The second-order valence-corrected chi connectivity index (χ2v) is 15.6. The van der Waals surface area contributed by atoms with Crippen LogP contribution >= 0.6 is 22.9 Å². The first-order chi connectivity index (χ1) is 22.6. The maximum absolute atomic E-state index is 15.2. The highest BCUT2D eigenvalue weighted by Gasteiger charge is 2.59. The van der Waals surface area contributed by atoms with Crippen LogP contribution in [0.15, 0.2) is 18.2 Å². The van der Waals surface area contributed by atoms with E-state index in [1.807, 2.05) is 20.8 Å². The topological polar surface area (TPSA) is 121 Å². The molecule has 10 nitrogen and oxygen atoms in total. The normalized spacial score (nSPS) is 20.0. The number of benzene rings is 2. The van der Waals surface area contributed by atoms with Crippen molar-refractivity contribution in [3.8, 4) is 11.1 Å². The van der Waals surface area contributed by atoms with Gasteiger partial charge in [-0.3, -0.25) is 10.2 Å². The Balaban J connectivity index is 1.54. The number of alkyl halides is 3. The summed E-state index contributed by atoms with van der Waals surface area (Å²) in [5.74, 6) is -0.966. The molecule has 2 fully saturated rings. The van der Waals surface area contributed by atoms with E-state index in [9.17, 15) is 27.9 Å². The number of carbonyl (C=O) groups excluding carboxylic acids is 1. The molecule has 0 radical (unpaired) electrons.